The van der Waals surface area contributed by atoms with Crippen LogP contribution in [0, 0.1) is 35.5 Å². The molecule has 12 aromatic rings. The number of nitrogens with zero attached hydrogens (tertiary/aromatic N) is 9. The summed E-state index contributed by atoms with van der Waals surface area (Å²) in [5, 5.41) is 46.4. The van der Waals surface area contributed by atoms with E-state index in [0.29, 0.717) is 49.9 Å². The molecule has 6 aromatic heterocycles. The largest absolute Gasteiger partial charge is 0.445 e. The van der Waals surface area contributed by atoms with E-state index in [1.54, 1.807) is 32.2 Å². The van der Waals surface area contributed by atoms with E-state index >= 15 is 0 Å². The molecule has 3 amide bonds. The first-order valence-electron chi connectivity index (χ1n) is 25.5. The number of fused-ring (bicyclic) bond motifs is 3. The third-order valence-corrected chi connectivity index (χ3v) is 12.6. The third kappa shape index (κ3) is 12.6. The highest BCUT2D eigenvalue weighted by Gasteiger charge is 2.28. The van der Waals surface area contributed by atoms with Gasteiger partial charge in [0.25, 0.3) is 17.7 Å². The van der Waals surface area contributed by atoms with Gasteiger partial charge in [-0.2, -0.15) is 15.3 Å². The molecular formula is C63H51N13O9. The number of hydrogen-bond acceptors (Lipinski definition) is 16. The highest BCUT2D eigenvalue weighted by molar-refractivity contribution is 6.06. The summed E-state index contributed by atoms with van der Waals surface area (Å²) in [5.74, 6) is 15.7. The van der Waals surface area contributed by atoms with Crippen LogP contribution < -0.4 is 23.4 Å². The summed E-state index contributed by atoms with van der Waals surface area (Å²) in [4.78, 5) is 47.0. The standard InChI is InChI=1S/3C21H16N4O3.H3N/c3*1-21(27,20-23-11-12-28-20)10-9-14-5-4-6-15(13-14)25-17-8-3-2-7-16(17)18(24-25)19(22)26;/h3*2-8,11-13,27H,1H3,(H2,22,26);1H3/t2*21-;;/m10../s1. The van der Waals surface area contributed by atoms with Crippen LogP contribution in [0.1, 0.15) is 86.6 Å². The van der Waals surface area contributed by atoms with Crippen molar-refractivity contribution in [1.29, 1.82) is 0 Å². The Morgan fingerprint density at radius 3 is 0.941 bits per heavy atom. The summed E-state index contributed by atoms with van der Waals surface area (Å²) >= 11 is 0. The molecule has 0 aliphatic rings. The normalized spacial score (nSPS) is 12.8. The number of rotatable bonds is 9. The van der Waals surface area contributed by atoms with Gasteiger partial charge < -0.3 is 51.9 Å². The van der Waals surface area contributed by atoms with Crippen LogP contribution >= 0.6 is 0 Å². The van der Waals surface area contributed by atoms with Crippen LogP contribution in [0.25, 0.3) is 49.8 Å². The fraction of sp³-hybridized carbons (Fsp3) is 0.0952. The van der Waals surface area contributed by atoms with Gasteiger partial charge in [-0.3, -0.25) is 14.4 Å². The van der Waals surface area contributed by atoms with Gasteiger partial charge >= 0.3 is 0 Å². The molecule has 0 aliphatic heterocycles. The predicted molar refractivity (Wildman–Crippen MR) is 313 cm³/mol. The third-order valence-electron chi connectivity index (χ3n) is 12.6. The average molecular weight is 1130 g/mol. The van der Waals surface area contributed by atoms with Crippen molar-refractivity contribution < 1.29 is 43.0 Å². The lowest BCUT2D eigenvalue weighted by Crippen LogP contribution is -2.18. The number of para-hydroxylation sites is 3. The van der Waals surface area contributed by atoms with Crippen LogP contribution in [0.5, 0.6) is 0 Å². The Morgan fingerprint density at radius 2 is 0.694 bits per heavy atom. The zero-order chi connectivity index (χ0) is 59.2. The lowest BCUT2D eigenvalue weighted by atomic mass is 10.1. The van der Waals surface area contributed by atoms with Crippen LogP contribution in [0.3, 0.4) is 0 Å². The number of aliphatic hydroxyl groups is 3. The zero-order valence-corrected chi connectivity index (χ0v) is 45.6. The predicted octanol–water partition coefficient (Wildman–Crippen LogP) is 7.28. The molecule has 0 radical (unpaired) electrons. The van der Waals surface area contributed by atoms with E-state index in [4.69, 9.17) is 30.5 Å². The summed E-state index contributed by atoms with van der Waals surface area (Å²) in [6.45, 7) is 4.53. The second-order valence-electron chi connectivity index (χ2n) is 19.1. The Bertz CT molecular complexity index is 4150. The van der Waals surface area contributed by atoms with Crippen LogP contribution in [-0.4, -0.2) is 77.3 Å². The SMILES string of the molecule is CC(O)(C#Cc1cccc(-n2nc(C(N)=O)c3ccccc32)c1)c1ncco1.C[C@@](O)(C#Cc1cccc(-n2nc(C(N)=O)c3ccccc32)c1)c1ncco1.C[C@](O)(C#Cc1cccc(-n2nc(C(N)=O)c3ccccc32)c1)c1ncco1.N. The molecule has 0 saturated carbocycles. The minimum Gasteiger partial charge on any atom is -0.445 e. The van der Waals surface area contributed by atoms with Crippen molar-refractivity contribution in [2.75, 3.05) is 0 Å². The first kappa shape index (κ1) is 58.0. The smallest absolute Gasteiger partial charge is 0.269 e. The topological polar surface area (TPSA) is 357 Å². The summed E-state index contributed by atoms with van der Waals surface area (Å²) < 4.78 is 20.3. The number of amides is 3. The number of aromatic nitrogens is 9. The van der Waals surface area contributed by atoms with Crippen molar-refractivity contribution in [3.8, 4) is 52.6 Å². The maximum atomic E-state index is 11.7. The van der Waals surface area contributed by atoms with Gasteiger partial charge in [-0.1, -0.05) is 108 Å². The van der Waals surface area contributed by atoms with E-state index < -0.39 is 34.5 Å². The molecule has 422 valence electrons. The van der Waals surface area contributed by atoms with Crippen molar-refractivity contribution >= 4 is 50.4 Å². The number of carbonyl (C=O) groups is 3. The van der Waals surface area contributed by atoms with E-state index in [1.807, 2.05) is 127 Å². The molecule has 12 N–H and O–H groups in total. The number of carbonyl (C=O) groups excluding carboxylic acids is 3. The summed E-state index contributed by atoms with van der Waals surface area (Å²) in [7, 11) is 0. The zero-order valence-electron chi connectivity index (χ0n) is 45.6. The molecule has 12 rings (SSSR count). The van der Waals surface area contributed by atoms with Gasteiger partial charge in [-0.25, -0.2) is 29.0 Å². The van der Waals surface area contributed by atoms with Crippen molar-refractivity contribution in [1.82, 2.24) is 50.4 Å². The molecule has 0 bridgehead atoms. The van der Waals surface area contributed by atoms with E-state index in [2.05, 4.69) is 65.8 Å². The second-order valence-corrected chi connectivity index (χ2v) is 19.1. The molecule has 3 atom stereocenters. The molecule has 6 heterocycles. The van der Waals surface area contributed by atoms with Crippen molar-refractivity contribution in [2.24, 2.45) is 17.2 Å². The number of oxazole rings is 3. The van der Waals surface area contributed by atoms with Gasteiger partial charge in [0.05, 0.1) is 52.2 Å². The summed E-state index contributed by atoms with van der Waals surface area (Å²) in [5.41, 5.74) is 18.8. The number of nitrogens with two attached hydrogens (primary N) is 3. The Kier molecular flexibility index (Phi) is 16.5. The van der Waals surface area contributed by atoms with Crippen LogP contribution in [0.4, 0.5) is 0 Å². The van der Waals surface area contributed by atoms with Gasteiger partial charge in [-0.15, -0.1) is 0 Å². The minimum atomic E-state index is -1.52. The molecule has 0 spiro atoms. The first-order valence-corrected chi connectivity index (χ1v) is 25.5. The van der Waals surface area contributed by atoms with Crippen LogP contribution in [0.2, 0.25) is 0 Å². The second kappa shape index (κ2) is 24.2. The first-order chi connectivity index (χ1) is 40.4. The summed E-state index contributed by atoms with van der Waals surface area (Å²) in [6.07, 6.45) is 8.49. The maximum absolute atomic E-state index is 11.7. The van der Waals surface area contributed by atoms with Crippen LogP contribution in [0.15, 0.2) is 196 Å². The van der Waals surface area contributed by atoms with E-state index in [1.165, 1.54) is 58.2 Å². The molecule has 0 saturated heterocycles. The molecule has 85 heavy (non-hydrogen) atoms. The number of hydrogen-bond donors (Lipinski definition) is 7. The molecule has 0 fully saturated rings. The van der Waals surface area contributed by atoms with E-state index in [-0.39, 0.29) is 40.9 Å². The Morgan fingerprint density at radius 1 is 0.424 bits per heavy atom. The molecular weight excluding hydrogens is 1080 g/mol. The van der Waals surface area contributed by atoms with Crippen LogP contribution in [-0.2, 0) is 16.8 Å². The summed E-state index contributed by atoms with van der Waals surface area (Å²) in [6, 6.07) is 43.9. The van der Waals surface area contributed by atoms with E-state index in [9.17, 15) is 29.7 Å². The van der Waals surface area contributed by atoms with Gasteiger partial charge in [0, 0.05) is 32.8 Å². The lowest BCUT2D eigenvalue weighted by molar-refractivity contribution is 0.0890. The minimum absolute atomic E-state index is 0. The Balaban J connectivity index is 0.000000152. The Hall–Kier alpha value is -11.7. The molecule has 22 nitrogen and oxygen atoms in total. The quantitative estimate of drug-likeness (QED) is 0.0698. The molecule has 6 aromatic carbocycles. The fourth-order valence-electron chi connectivity index (χ4n) is 8.62. The molecule has 22 heteroatoms. The van der Waals surface area contributed by atoms with E-state index in [0.717, 1.165) is 16.6 Å². The van der Waals surface area contributed by atoms with Gasteiger partial charge in [0.15, 0.2) is 33.9 Å². The van der Waals surface area contributed by atoms with Crippen molar-refractivity contribution in [2.45, 2.75) is 37.6 Å². The van der Waals surface area contributed by atoms with Gasteiger partial charge in [-0.05, 0) is 93.6 Å². The van der Waals surface area contributed by atoms with Gasteiger partial charge in [0.2, 0.25) is 17.7 Å². The van der Waals surface area contributed by atoms with Crippen molar-refractivity contribution in [3.63, 3.8) is 0 Å². The number of primary amides is 3. The Labute approximate surface area is 483 Å². The molecule has 0 aliphatic carbocycles. The molecule has 1 unspecified atom stereocenters. The van der Waals surface area contributed by atoms with Gasteiger partial charge in [0.1, 0.15) is 18.8 Å². The number of benzene rings is 6. The highest BCUT2D eigenvalue weighted by Crippen LogP contribution is 2.27. The lowest BCUT2D eigenvalue weighted by Gasteiger charge is -2.10. The van der Waals surface area contributed by atoms with Crippen molar-refractivity contribution in [3.05, 3.63) is 234 Å². The monoisotopic (exact) mass is 1130 g/mol. The maximum Gasteiger partial charge on any atom is 0.269 e. The highest BCUT2D eigenvalue weighted by atomic mass is 16.4. The average Bonchev–Trinajstić information content (AvgIpc) is 2.63. The fourth-order valence-corrected chi connectivity index (χ4v) is 8.62.